The number of rotatable bonds is 4. The molecular weight excluding hydrogens is 354 g/mol. The van der Waals surface area contributed by atoms with Crippen molar-refractivity contribution in [1.82, 2.24) is 35.1 Å². The molecule has 1 atom stereocenters. The van der Waals surface area contributed by atoms with Gasteiger partial charge in [-0.25, -0.2) is 0 Å². The quantitative estimate of drug-likeness (QED) is 0.744. The van der Waals surface area contributed by atoms with Gasteiger partial charge in [0, 0.05) is 44.1 Å². The average molecular weight is 379 g/mol. The Hall–Kier alpha value is -2.58. The largest absolute Gasteiger partial charge is 0.339 e. The Kier molecular flexibility index (Phi) is 4.88. The third-order valence-electron chi connectivity index (χ3n) is 5.55. The minimum absolute atomic E-state index is 0.272. The fourth-order valence-electron chi connectivity index (χ4n) is 4.14. The molecule has 1 fully saturated rings. The second-order valence-electron chi connectivity index (χ2n) is 7.65. The minimum atomic E-state index is 0.272. The van der Waals surface area contributed by atoms with Crippen molar-refractivity contribution in [2.75, 3.05) is 19.6 Å². The van der Waals surface area contributed by atoms with Gasteiger partial charge in [0.1, 0.15) is 0 Å². The summed E-state index contributed by atoms with van der Waals surface area (Å²) in [5.74, 6) is 1.62. The van der Waals surface area contributed by atoms with Crippen molar-refractivity contribution in [3.8, 4) is 11.4 Å². The predicted molar refractivity (Wildman–Crippen MR) is 103 cm³/mol. The third-order valence-corrected chi connectivity index (χ3v) is 5.55. The summed E-state index contributed by atoms with van der Waals surface area (Å²) in [4.78, 5) is 11.2. The van der Waals surface area contributed by atoms with Crippen LogP contribution in [0.25, 0.3) is 11.4 Å². The van der Waals surface area contributed by atoms with E-state index in [1.165, 1.54) is 5.69 Å². The van der Waals surface area contributed by atoms with E-state index in [9.17, 15) is 0 Å². The molecule has 0 amide bonds. The molecular formula is C20H25N7O. The monoisotopic (exact) mass is 379 g/mol. The van der Waals surface area contributed by atoms with Crippen molar-refractivity contribution in [3.05, 3.63) is 47.9 Å². The summed E-state index contributed by atoms with van der Waals surface area (Å²) in [7, 11) is 0. The van der Waals surface area contributed by atoms with Gasteiger partial charge in [-0.05, 0) is 50.6 Å². The summed E-state index contributed by atoms with van der Waals surface area (Å²) in [5.41, 5.74) is 3.33. The van der Waals surface area contributed by atoms with Gasteiger partial charge in [-0.1, -0.05) is 5.16 Å². The fourth-order valence-corrected chi connectivity index (χ4v) is 4.14. The lowest BCUT2D eigenvalue weighted by Gasteiger charge is -2.30. The van der Waals surface area contributed by atoms with Crippen LogP contribution < -0.4 is 5.32 Å². The first kappa shape index (κ1) is 17.5. The lowest BCUT2D eigenvalue weighted by Crippen LogP contribution is -2.34. The van der Waals surface area contributed by atoms with E-state index in [1.807, 2.05) is 12.1 Å². The van der Waals surface area contributed by atoms with Crippen LogP contribution in [0.2, 0.25) is 0 Å². The molecule has 5 heterocycles. The summed E-state index contributed by atoms with van der Waals surface area (Å²) in [6.07, 6.45) is 6.85. The molecule has 1 N–H and O–H groups in total. The van der Waals surface area contributed by atoms with E-state index in [1.54, 1.807) is 12.4 Å². The fraction of sp³-hybridized carbons (Fsp3) is 0.500. The van der Waals surface area contributed by atoms with Gasteiger partial charge >= 0.3 is 0 Å². The van der Waals surface area contributed by atoms with Gasteiger partial charge in [0.15, 0.2) is 0 Å². The van der Waals surface area contributed by atoms with E-state index in [4.69, 9.17) is 9.62 Å². The zero-order valence-electron chi connectivity index (χ0n) is 15.9. The Morgan fingerprint density at radius 1 is 1.25 bits per heavy atom. The number of aryl methyl sites for hydroxylation is 1. The number of piperidine rings is 1. The number of hydrogen-bond acceptors (Lipinski definition) is 7. The Labute approximate surface area is 164 Å². The maximum Gasteiger partial charge on any atom is 0.231 e. The number of likely N-dealkylation sites (tertiary alicyclic amines) is 1. The molecule has 8 nitrogen and oxygen atoms in total. The smallest absolute Gasteiger partial charge is 0.231 e. The van der Waals surface area contributed by atoms with Crippen LogP contribution in [0.4, 0.5) is 0 Å². The number of fused-ring (bicyclic) bond motifs is 1. The van der Waals surface area contributed by atoms with Crippen LogP contribution in [-0.4, -0.2) is 49.4 Å². The van der Waals surface area contributed by atoms with Crippen molar-refractivity contribution < 1.29 is 4.52 Å². The van der Waals surface area contributed by atoms with Gasteiger partial charge in [-0.3, -0.25) is 14.6 Å². The van der Waals surface area contributed by atoms with E-state index in [-0.39, 0.29) is 5.92 Å². The van der Waals surface area contributed by atoms with Gasteiger partial charge < -0.3 is 9.84 Å². The van der Waals surface area contributed by atoms with Crippen LogP contribution in [-0.2, 0) is 19.6 Å². The lowest BCUT2D eigenvalue weighted by atomic mass is 9.98. The molecule has 0 unspecified atom stereocenters. The Balaban J connectivity index is 1.26. The first-order valence-electron chi connectivity index (χ1n) is 10.1. The topological polar surface area (TPSA) is 84.9 Å². The van der Waals surface area contributed by atoms with Crippen molar-refractivity contribution >= 4 is 0 Å². The molecule has 0 aliphatic carbocycles. The highest BCUT2D eigenvalue weighted by Crippen LogP contribution is 2.28. The van der Waals surface area contributed by atoms with Gasteiger partial charge in [0.2, 0.25) is 11.7 Å². The van der Waals surface area contributed by atoms with Crippen LogP contribution in [0.1, 0.15) is 42.5 Å². The number of hydrogen-bond donors (Lipinski definition) is 1. The van der Waals surface area contributed by atoms with Crippen LogP contribution in [0.15, 0.2) is 35.1 Å². The van der Waals surface area contributed by atoms with Crippen molar-refractivity contribution in [3.63, 3.8) is 0 Å². The van der Waals surface area contributed by atoms with Crippen LogP contribution in [0.3, 0.4) is 0 Å². The number of nitrogens with zero attached hydrogens (tertiary/aromatic N) is 6. The Bertz CT molecular complexity index is 896. The molecule has 28 heavy (non-hydrogen) atoms. The van der Waals surface area contributed by atoms with Crippen LogP contribution >= 0.6 is 0 Å². The van der Waals surface area contributed by atoms with Gasteiger partial charge in [0.05, 0.1) is 17.3 Å². The molecule has 2 aliphatic heterocycles. The van der Waals surface area contributed by atoms with Crippen LogP contribution in [0, 0.1) is 0 Å². The van der Waals surface area contributed by atoms with Crippen molar-refractivity contribution in [2.45, 2.75) is 44.8 Å². The normalized spacial score (nSPS) is 20.6. The van der Waals surface area contributed by atoms with E-state index >= 15 is 0 Å². The molecule has 3 aromatic rings. The van der Waals surface area contributed by atoms with E-state index in [0.717, 1.165) is 75.7 Å². The summed E-state index contributed by atoms with van der Waals surface area (Å²) in [6, 6.07) is 6.08. The van der Waals surface area contributed by atoms with Crippen molar-refractivity contribution in [2.24, 2.45) is 0 Å². The first-order chi connectivity index (χ1) is 13.8. The number of aromatic nitrogens is 5. The highest BCUT2D eigenvalue weighted by molar-refractivity contribution is 5.51. The molecule has 146 valence electrons. The third kappa shape index (κ3) is 3.70. The molecule has 0 saturated carbocycles. The zero-order chi connectivity index (χ0) is 18.8. The average Bonchev–Trinajstić information content (AvgIpc) is 3.31. The van der Waals surface area contributed by atoms with Gasteiger partial charge in [-0.2, -0.15) is 10.1 Å². The maximum absolute atomic E-state index is 5.59. The maximum atomic E-state index is 5.59. The molecule has 8 heteroatoms. The highest BCUT2D eigenvalue weighted by atomic mass is 16.5. The number of pyridine rings is 1. The molecule has 1 saturated heterocycles. The van der Waals surface area contributed by atoms with E-state index in [0.29, 0.717) is 5.82 Å². The predicted octanol–water partition coefficient (Wildman–Crippen LogP) is 2.20. The molecule has 0 radical (unpaired) electrons. The SMILES string of the molecule is c1cncc(-c2noc([C@H]3CCCN(Cc4cc5n(n4)CCCNC5)C3)n2)c1. The lowest BCUT2D eigenvalue weighted by molar-refractivity contribution is 0.178. The minimum Gasteiger partial charge on any atom is -0.339 e. The van der Waals surface area contributed by atoms with Gasteiger partial charge in [0.25, 0.3) is 0 Å². The molecule has 2 aliphatic rings. The standard InChI is InChI=1S/C20H25N7O/c1-4-15(11-21-6-1)19-23-20(28-25-19)16-5-2-8-26(13-16)14-17-10-18-12-22-7-3-9-27(18)24-17/h1,4,6,10-11,16,22H,2-3,5,7-9,12-14H2/t16-/m0/s1. The molecule has 0 spiro atoms. The second kappa shape index (κ2) is 7.81. The summed E-state index contributed by atoms with van der Waals surface area (Å²) in [6.45, 7) is 5.87. The zero-order valence-corrected chi connectivity index (χ0v) is 15.9. The Morgan fingerprint density at radius 3 is 3.18 bits per heavy atom. The summed E-state index contributed by atoms with van der Waals surface area (Å²) < 4.78 is 7.76. The van der Waals surface area contributed by atoms with E-state index < -0.39 is 0 Å². The summed E-state index contributed by atoms with van der Waals surface area (Å²) >= 11 is 0. The number of nitrogens with one attached hydrogen (secondary N) is 1. The molecule has 5 rings (SSSR count). The molecule has 0 bridgehead atoms. The van der Waals surface area contributed by atoms with E-state index in [2.05, 4.69) is 36.1 Å². The molecule has 3 aromatic heterocycles. The van der Waals surface area contributed by atoms with Gasteiger partial charge in [-0.15, -0.1) is 0 Å². The second-order valence-corrected chi connectivity index (χ2v) is 7.65. The summed E-state index contributed by atoms with van der Waals surface area (Å²) in [5, 5.41) is 12.4. The highest BCUT2D eigenvalue weighted by Gasteiger charge is 2.27. The van der Waals surface area contributed by atoms with Crippen molar-refractivity contribution in [1.29, 1.82) is 0 Å². The van der Waals surface area contributed by atoms with Crippen LogP contribution in [0.5, 0.6) is 0 Å². The first-order valence-corrected chi connectivity index (χ1v) is 10.1. The Morgan fingerprint density at radius 2 is 2.25 bits per heavy atom. The molecule has 0 aromatic carbocycles.